The maximum Gasteiger partial charge on any atom is 0.221 e. The third-order valence-corrected chi connectivity index (χ3v) is 4.64. The largest absolute Gasteiger partial charge is 0.356 e. The Hall–Kier alpha value is -1.89. The van der Waals surface area contributed by atoms with Gasteiger partial charge in [0.1, 0.15) is 0 Å². The van der Waals surface area contributed by atoms with Gasteiger partial charge in [0.25, 0.3) is 0 Å². The minimum absolute atomic E-state index is 0. The van der Waals surface area contributed by atoms with E-state index in [0.29, 0.717) is 25.6 Å². The van der Waals surface area contributed by atoms with E-state index >= 15 is 0 Å². The molecule has 2 heterocycles. The van der Waals surface area contributed by atoms with Crippen molar-refractivity contribution in [3.63, 3.8) is 0 Å². The molecule has 3 rings (SSSR count). The van der Waals surface area contributed by atoms with E-state index in [1.54, 1.807) is 0 Å². The van der Waals surface area contributed by atoms with Gasteiger partial charge in [-0.2, -0.15) is 0 Å². The molecule has 2 aromatic rings. The Kier molecular flexibility index (Phi) is 8.09. The van der Waals surface area contributed by atoms with Gasteiger partial charge in [-0.1, -0.05) is 41.9 Å². The second-order valence-electron chi connectivity index (χ2n) is 6.51. The maximum absolute atomic E-state index is 11.7. The molecule has 0 bridgehead atoms. The van der Waals surface area contributed by atoms with E-state index < -0.39 is 0 Å². The van der Waals surface area contributed by atoms with Crippen LogP contribution in [0, 0.1) is 0 Å². The molecule has 1 aliphatic rings. The smallest absolute Gasteiger partial charge is 0.221 e. The fourth-order valence-electron chi connectivity index (χ4n) is 3.28. The second kappa shape index (κ2) is 10.3. The monoisotopic (exact) mass is 378 g/mol. The van der Waals surface area contributed by atoms with Crippen LogP contribution in [0.3, 0.4) is 0 Å². The molecule has 1 fully saturated rings. The summed E-state index contributed by atoms with van der Waals surface area (Å²) in [5.41, 5.74) is 7.39. The van der Waals surface area contributed by atoms with Crippen LogP contribution >= 0.6 is 12.4 Å². The highest BCUT2D eigenvalue weighted by Gasteiger charge is 2.24. The van der Waals surface area contributed by atoms with Crippen LogP contribution in [0.4, 0.5) is 0 Å². The summed E-state index contributed by atoms with van der Waals surface area (Å²) in [6.45, 7) is 2.82. The predicted molar refractivity (Wildman–Crippen MR) is 104 cm³/mol. The lowest BCUT2D eigenvalue weighted by molar-refractivity contribution is -0.121. The molecule has 1 amide bonds. The lowest BCUT2D eigenvalue weighted by Gasteiger charge is -2.35. The minimum atomic E-state index is 0. The molecule has 142 valence electrons. The topological polar surface area (TPSA) is 84.4 Å². The lowest BCUT2D eigenvalue weighted by atomic mass is 10.0. The number of nitrogens with zero attached hydrogens (tertiary/aromatic N) is 2. The highest BCUT2D eigenvalue weighted by atomic mass is 35.5. The second-order valence-corrected chi connectivity index (χ2v) is 6.51. The zero-order chi connectivity index (χ0) is 17.5. The van der Waals surface area contributed by atoms with Crippen molar-refractivity contribution < 1.29 is 9.32 Å². The summed E-state index contributed by atoms with van der Waals surface area (Å²) in [6, 6.07) is 12.3. The van der Waals surface area contributed by atoms with E-state index in [4.69, 9.17) is 10.3 Å². The first-order valence-electron chi connectivity index (χ1n) is 8.98. The zero-order valence-corrected chi connectivity index (χ0v) is 15.7. The molecule has 1 atom stereocenters. The standard InChI is InChI=1S/C19H26N4O2.ClH/c20-10-9-19(24)21-13-17-8-4-5-11-23(17)14-16-12-18(25-22-16)15-6-2-1-3-7-15;/h1-3,6-7,12,17H,4-5,8-11,13-14,20H2,(H,21,24);1H. The molecule has 3 N–H and O–H groups in total. The van der Waals surface area contributed by atoms with Gasteiger partial charge in [-0.05, 0) is 19.4 Å². The molecule has 7 heteroatoms. The molecule has 0 saturated carbocycles. The van der Waals surface area contributed by atoms with Gasteiger partial charge >= 0.3 is 0 Å². The van der Waals surface area contributed by atoms with E-state index in [1.807, 2.05) is 36.4 Å². The number of nitrogens with one attached hydrogen (secondary N) is 1. The summed E-state index contributed by atoms with van der Waals surface area (Å²) in [4.78, 5) is 14.1. The summed E-state index contributed by atoms with van der Waals surface area (Å²) in [5.74, 6) is 0.821. The van der Waals surface area contributed by atoms with Crippen LogP contribution in [0.1, 0.15) is 31.4 Å². The first kappa shape index (κ1) is 20.4. The average Bonchev–Trinajstić information content (AvgIpc) is 3.11. The molecule has 1 aromatic heterocycles. The van der Waals surface area contributed by atoms with Gasteiger partial charge in [0.15, 0.2) is 5.76 Å². The van der Waals surface area contributed by atoms with Gasteiger partial charge < -0.3 is 15.6 Å². The van der Waals surface area contributed by atoms with E-state index in [1.165, 1.54) is 12.8 Å². The van der Waals surface area contributed by atoms with Gasteiger partial charge in [0.2, 0.25) is 5.91 Å². The Balaban J connectivity index is 0.00000243. The molecule has 0 aliphatic carbocycles. The minimum Gasteiger partial charge on any atom is -0.356 e. The van der Waals surface area contributed by atoms with Gasteiger partial charge in [-0.25, -0.2) is 0 Å². The van der Waals surface area contributed by atoms with Crippen LogP contribution < -0.4 is 11.1 Å². The van der Waals surface area contributed by atoms with Crippen molar-refractivity contribution in [3.8, 4) is 11.3 Å². The van der Waals surface area contributed by atoms with Gasteiger partial charge in [-0.15, -0.1) is 12.4 Å². The lowest BCUT2D eigenvalue weighted by Crippen LogP contribution is -2.46. The molecule has 1 saturated heterocycles. The highest BCUT2D eigenvalue weighted by molar-refractivity contribution is 5.85. The van der Waals surface area contributed by atoms with Crippen LogP contribution in [0.5, 0.6) is 0 Å². The Labute approximate surface area is 160 Å². The summed E-state index contributed by atoms with van der Waals surface area (Å²) < 4.78 is 5.50. The molecular formula is C19H27ClN4O2. The fraction of sp³-hybridized carbons (Fsp3) is 0.474. The SMILES string of the molecule is Cl.NCCC(=O)NCC1CCCCN1Cc1cc(-c2ccccc2)on1. The maximum atomic E-state index is 11.7. The van der Waals surface area contributed by atoms with Crippen LogP contribution in [-0.4, -0.2) is 41.6 Å². The van der Waals surface area contributed by atoms with Crippen molar-refractivity contribution in [3.05, 3.63) is 42.1 Å². The third-order valence-electron chi connectivity index (χ3n) is 4.64. The zero-order valence-electron chi connectivity index (χ0n) is 14.9. The molecule has 1 aromatic carbocycles. The number of nitrogens with two attached hydrogens (primary N) is 1. The van der Waals surface area contributed by atoms with Gasteiger partial charge in [-0.3, -0.25) is 9.69 Å². The Bertz CT molecular complexity index is 677. The van der Waals surface area contributed by atoms with Crippen molar-refractivity contribution in [2.45, 2.75) is 38.3 Å². The summed E-state index contributed by atoms with van der Waals surface area (Å²) in [5, 5.41) is 7.22. The number of amides is 1. The van der Waals surface area contributed by atoms with E-state index in [9.17, 15) is 4.79 Å². The molecule has 0 spiro atoms. The summed E-state index contributed by atoms with van der Waals surface area (Å²) in [7, 11) is 0. The quantitative estimate of drug-likeness (QED) is 0.773. The highest BCUT2D eigenvalue weighted by Crippen LogP contribution is 2.23. The number of rotatable bonds is 7. The Morgan fingerprint density at radius 2 is 2.12 bits per heavy atom. The predicted octanol–water partition coefficient (Wildman–Crippen LogP) is 2.58. The first-order chi connectivity index (χ1) is 12.3. The fourth-order valence-corrected chi connectivity index (χ4v) is 3.28. The molecular weight excluding hydrogens is 352 g/mol. The number of hydrogen-bond acceptors (Lipinski definition) is 5. The van der Waals surface area contributed by atoms with Crippen molar-refractivity contribution >= 4 is 18.3 Å². The summed E-state index contributed by atoms with van der Waals surface area (Å²) in [6.07, 6.45) is 3.85. The normalized spacial score (nSPS) is 17.5. The van der Waals surface area contributed by atoms with E-state index in [2.05, 4.69) is 15.4 Å². The number of benzene rings is 1. The van der Waals surface area contributed by atoms with Crippen LogP contribution in [0.15, 0.2) is 40.9 Å². The number of hydrogen-bond donors (Lipinski definition) is 2. The molecule has 0 radical (unpaired) electrons. The number of piperidine rings is 1. The Morgan fingerprint density at radius 1 is 1.31 bits per heavy atom. The van der Waals surface area contributed by atoms with Crippen LogP contribution in [0.2, 0.25) is 0 Å². The van der Waals surface area contributed by atoms with Crippen molar-refractivity contribution in [1.82, 2.24) is 15.4 Å². The number of halogens is 1. The third kappa shape index (κ3) is 5.56. The van der Waals surface area contributed by atoms with E-state index in [-0.39, 0.29) is 18.3 Å². The van der Waals surface area contributed by atoms with Crippen molar-refractivity contribution in [2.75, 3.05) is 19.6 Å². The van der Waals surface area contributed by atoms with Crippen molar-refractivity contribution in [1.29, 1.82) is 0 Å². The Morgan fingerprint density at radius 3 is 2.88 bits per heavy atom. The molecule has 1 aliphatic heterocycles. The molecule has 1 unspecified atom stereocenters. The number of likely N-dealkylation sites (tertiary alicyclic amines) is 1. The number of carbonyl (C=O) groups is 1. The van der Waals surface area contributed by atoms with Gasteiger partial charge in [0.05, 0.1) is 5.69 Å². The summed E-state index contributed by atoms with van der Waals surface area (Å²) >= 11 is 0. The van der Waals surface area contributed by atoms with Gasteiger partial charge in [0, 0.05) is 43.7 Å². The van der Waals surface area contributed by atoms with Crippen LogP contribution in [-0.2, 0) is 11.3 Å². The van der Waals surface area contributed by atoms with E-state index in [0.717, 1.165) is 36.5 Å². The molecule has 26 heavy (non-hydrogen) atoms. The average molecular weight is 379 g/mol. The number of aromatic nitrogens is 1. The van der Waals surface area contributed by atoms with Crippen LogP contribution in [0.25, 0.3) is 11.3 Å². The van der Waals surface area contributed by atoms with Crippen molar-refractivity contribution in [2.24, 2.45) is 5.73 Å². The number of carbonyl (C=O) groups excluding carboxylic acids is 1. The molecule has 6 nitrogen and oxygen atoms in total. The first-order valence-corrected chi connectivity index (χ1v) is 8.98.